The van der Waals surface area contributed by atoms with Crippen LogP contribution in [0.15, 0.2) is 65.8 Å². The lowest BCUT2D eigenvalue weighted by molar-refractivity contribution is -0.135. The number of amides is 3. The van der Waals surface area contributed by atoms with E-state index in [-0.39, 0.29) is 49.9 Å². The Kier molecular flexibility index (Phi) is 12.1. The maximum Gasteiger partial charge on any atom is 0.242 e. The van der Waals surface area contributed by atoms with Gasteiger partial charge >= 0.3 is 0 Å². The van der Waals surface area contributed by atoms with Crippen LogP contribution in [-0.4, -0.2) is 79.2 Å². The molecule has 0 radical (unpaired) electrons. The molecule has 1 aliphatic rings. The van der Waals surface area contributed by atoms with E-state index in [4.69, 9.17) is 22.0 Å². The molecule has 40 heavy (non-hydrogen) atoms. The third-order valence-corrected chi connectivity index (χ3v) is 6.88. The molecule has 1 aliphatic heterocycles. The van der Waals surface area contributed by atoms with Gasteiger partial charge in [-0.1, -0.05) is 65.8 Å². The van der Waals surface area contributed by atoms with Gasteiger partial charge < -0.3 is 37.6 Å². The molecule has 0 aromatic heterocycles. The number of rotatable bonds is 15. The largest absolute Gasteiger partial charge is 0.392 e. The van der Waals surface area contributed by atoms with E-state index in [1.165, 1.54) is 4.90 Å². The van der Waals surface area contributed by atoms with Crippen molar-refractivity contribution in [3.63, 3.8) is 0 Å². The number of benzene rings is 2. The van der Waals surface area contributed by atoms with Gasteiger partial charge in [-0.2, -0.15) is 0 Å². The highest BCUT2D eigenvalue weighted by Crippen LogP contribution is 2.22. The molecule has 0 bridgehead atoms. The van der Waals surface area contributed by atoms with Gasteiger partial charge in [0.1, 0.15) is 12.1 Å². The number of hydrogen-bond donors (Lipinski definition) is 5. The summed E-state index contributed by atoms with van der Waals surface area (Å²) in [6.45, 7) is 3.38. The molecule has 4 atom stereocenters. The fourth-order valence-electron chi connectivity index (χ4n) is 4.56. The Morgan fingerprint density at radius 2 is 1.60 bits per heavy atom. The summed E-state index contributed by atoms with van der Waals surface area (Å²) in [4.78, 5) is 46.1. The normalized spacial score (nSPS) is 17.8. The highest BCUT2D eigenvalue weighted by molar-refractivity contribution is 6.03. The molecule has 11 heteroatoms. The first-order valence-corrected chi connectivity index (χ1v) is 13.7. The molecule has 0 spiro atoms. The predicted octanol–water partition coefficient (Wildman–Crippen LogP) is 0.123. The van der Waals surface area contributed by atoms with Crippen molar-refractivity contribution in [2.24, 2.45) is 28.3 Å². The van der Waals surface area contributed by atoms with Crippen molar-refractivity contribution < 1.29 is 19.2 Å². The number of nitrogens with zero attached hydrogens (tertiary/aromatic N) is 2. The molecule has 3 amide bonds. The van der Waals surface area contributed by atoms with Gasteiger partial charge in [-0.05, 0) is 30.9 Å². The van der Waals surface area contributed by atoms with E-state index >= 15 is 0 Å². The van der Waals surface area contributed by atoms with Crippen molar-refractivity contribution in [2.45, 2.75) is 44.4 Å². The minimum atomic E-state index is -1.13. The molecule has 8 N–H and O–H groups in total. The zero-order chi connectivity index (χ0) is 28.9. The van der Waals surface area contributed by atoms with Gasteiger partial charge in [0.05, 0.1) is 24.1 Å². The van der Waals surface area contributed by atoms with Gasteiger partial charge in [0.25, 0.3) is 0 Å². The van der Waals surface area contributed by atoms with E-state index in [1.54, 1.807) is 0 Å². The number of hydrogen-bond acceptors (Lipinski definition) is 8. The van der Waals surface area contributed by atoms with Crippen molar-refractivity contribution in [3.8, 4) is 0 Å². The van der Waals surface area contributed by atoms with E-state index in [1.807, 2.05) is 67.6 Å². The monoisotopic (exact) mass is 551 g/mol. The quantitative estimate of drug-likeness (QED) is 0.209. The van der Waals surface area contributed by atoms with E-state index in [9.17, 15) is 14.4 Å². The number of aryl methyl sites for hydroxylation is 1. The van der Waals surface area contributed by atoms with Crippen LogP contribution in [0.4, 0.5) is 0 Å². The first-order chi connectivity index (χ1) is 19.3. The van der Waals surface area contributed by atoms with Gasteiger partial charge in [0, 0.05) is 32.7 Å². The van der Waals surface area contributed by atoms with Crippen LogP contribution in [0.2, 0.25) is 0 Å². The van der Waals surface area contributed by atoms with Crippen molar-refractivity contribution in [2.75, 3.05) is 32.7 Å². The molecule has 0 saturated carbocycles. The molecule has 2 unspecified atom stereocenters. The fourth-order valence-corrected chi connectivity index (χ4v) is 4.56. The van der Waals surface area contributed by atoms with Crippen LogP contribution in [0, 0.1) is 5.92 Å². The summed E-state index contributed by atoms with van der Waals surface area (Å²) in [6.07, 6.45) is 0.475. The Morgan fingerprint density at radius 3 is 2.23 bits per heavy atom. The number of nitrogens with two attached hydrogens (primary N) is 3. The van der Waals surface area contributed by atoms with Crippen molar-refractivity contribution in [1.82, 2.24) is 15.5 Å². The Morgan fingerprint density at radius 1 is 0.975 bits per heavy atom. The fraction of sp³-hybridized carbons (Fsp3) is 0.448. The first kappa shape index (κ1) is 30.7. The van der Waals surface area contributed by atoms with Crippen molar-refractivity contribution in [3.05, 3.63) is 71.8 Å². The lowest BCUT2D eigenvalue weighted by Gasteiger charge is -2.25. The van der Waals surface area contributed by atoms with Gasteiger partial charge in [0.15, 0.2) is 0 Å². The molecule has 0 saturated heterocycles. The molecule has 2 aromatic carbocycles. The van der Waals surface area contributed by atoms with E-state index in [2.05, 4.69) is 15.8 Å². The smallest absolute Gasteiger partial charge is 0.242 e. The van der Waals surface area contributed by atoms with Gasteiger partial charge in [-0.3, -0.25) is 14.4 Å². The van der Waals surface area contributed by atoms with Crippen molar-refractivity contribution in [1.29, 1.82) is 0 Å². The third-order valence-electron chi connectivity index (χ3n) is 6.88. The highest BCUT2D eigenvalue weighted by Gasteiger charge is 2.33. The second kappa shape index (κ2) is 15.7. The van der Waals surface area contributed by atoms with Gasteiger partial charge in [0.2, 0.25) is 17.7 Å². The van der Waals surface area contributed by atoms with Crippen LogP contribution in [0.5, 0.6) is 0 Å². The summed E-state index contributed by atoms with van der Waals surface area (Å²) in [6, 6.07) is 17.4. The van der Waals surface area contributed by atoms with E-state index in [0.717, 1.165) is 16.8 Å². The second-order valence-electron chi connectivity index (χ2n) is 9.86. The van der Waals surface area contributed by atoms with Crippen LogP contribution in [0.25, 0.3) is 0 Å². The summed E-state index contributed by atoms with van der Waals surface area (Å²) in [5, 5.41) is 9.97. The number of nitrogens with one attached hydrogen (secondary N) is 2. The predicted molar refractivity (Wildman–Crippen MR) is 154 cm³/mol. The van der Waals surface area contributed by atoms with E-state index in [0.29, 0.717) is 25.9 Å². The lowest BCUT2D eigenvalue weighted by Crippen LogP contribution is -2.54. The maximum absolute atomic E-state index is 13.4. The summed E-state index contributed by atoms with van der Waals surface area (Å²) in [5.74, 6) is -1.40. The first-order valence-electron chi connectivity index (χ1n) is 13.7. The molecule has 1 heterocycles. The highest BCUT2D eigenvalue weighted by atomic mass is 16.6. The van der Waals surface area contributed by atoms with Crippen LogP contribution in [0.1, 0.15) is 30.9 Å². The zero-order valence-corrected chi connectivity index (χ0v) is 23.0. The number of oxime groups is 1. The zero-order valence-electron chi connectivity index (χ0n) is 23.0. The molecule has 3 rings (SSSR count). The minimum Gasteiger partial charge on any atom is -0.392 e. The lowest BCUT2D eigenvalue weighted by atomic mass is 9.93. The molecule has 0 aliphatic carbocycles. The molecule has 0 fully saturated rings. The minimum absolute atomic E-state index is 0.159. The average molecular weight is 552 g/mol. The SMILES string of the molecule is CC1ON=C(c2ccccc2)C1CNC(=O)[C@H](CCc1ccccc1)NC(=O)[C@@H](N)CC(=O)N(CCN)CCN. The molecule has 11 nitrogen and oxygen atoms in total. The second-order valence-corrected chi connectivity index (χ2v) is 9.86. The Balaban J connectivity index is 1.65. The number of carbonyl (C=O) groups is 3. The Hall–Kier alpha value is -3.80. The molecular weight excluding hydrogens is 510 g/mol. The van der Waals surface area contributed by atoms with Crippen molar-refractivity contribution >= 4 is 23.4 Å². The summed E-state index contributed by atoms with van der Waals surface area (Å²) in [7, 11) is 0. The number of carbonyl (C=O) groups excluding carboxylic acids is 3. The van der Waals surface area contributed by atoms with Gasteiger partial charge in [-0.25, -0.2) is 0 Å². The van der Waals surface area contributed by atoms with Crippen LogP contribution in [0.3, 0.4) is 0 Å². The summed E-state index contributed by atoms with van der Waals surface area (Å²) in [5.41, 5.74) is 20.0. The van der Waals surface area contributed by atoms with Crippen LogP contribution >= 0.6 is 0 Å². The third kappa shape index (κ3) is 8.87. The Bertz CT molecular complexity index is 1120. The molecule has 216 valence electrons. The average Bonchev–Trinajstić information content (AvgIpc) is 3.34. The Labute approximate surface area is 235 Å². The van der Waals surface area contributed by atoms with Gasteiger partial charge in [-0.15, -0.1) is 0 Å². The topological polar surface area (TPSA) is 178 Å². The van der Waals surface area contributed by atoms with E-state index < -0.39 is 18.0 Å². The summed E-state index contributed by atoms with van der Waals surface area (Å²) < 4.78 is 0. The summed E-state index contributed by atoms with van der Waals surface area (Å²) >= 11 is 0. The van der Waals surface area contributed by atoms with Crippen LogP contribution in [-0.2, 0) is 25.6 Å². The maximum atomic E-state index is 13.4. The van der Waals surface area contributed by atoms with Crippen LogP contribution < -0.4 is 27.8 Å². The molecule has 2 aromatic rings. The molecular formula is C29H41N7O4. The standard InChI is InChI=1S/C29H41N7O4/c1-20-23(27(35-40-20)22-10-6-3-7-11-22)19-33-29(39)25(13-12-21-8-4-2-5-9-21)34-28(38)24(32)18-26(37)36(16-14-30)17-15-31/h2-11,20,23-25H,12-19,30-32H2,1H3,(H,33,39)(H,34,38)/t20?,23?,24-,25-/m0/s1.